The van der Waals surface area contributed by atoms with Gasteiger partial charge < -0.3 is 14.2 Å². The molecule has 5 rings (SSSR count). The van der Waals surface area contributed by atoms with Crippen LogP contribution in [0.3, 0.4) is 0 Å². The zero-order chi connectivity index (χ0) is 23.5. The summed E-state index contributed by atoms with van der Waals surface area (Å²) in [5.74, 6) is 0.389. The average molecular weight is 448 g/mol. The Bertz CT molecular complexity index is 1510. The fourth-order valence-corrected chi connectivity index (χ4v) is 3.88. The molecule has 0 unspecified atom stereocenters. The van der Waals surface area contributed by atoms with E-state index in [0.717, 1.165) is 0 Å². The normalized spacial score (nSPS) is 10.7. The van der Waals surface area contributed by atoms with Gasteiger partial charge in [-0.25, -0.2) is 9.59 Å². The first-order valence-corrected chi connectivity index (χ1v) is 10.7. The molecule has 0 spiro atoms. The highest BCUT2D eigenvalue weighted by Gasteiger charge is 2.21. The van der Waals surface area contributed by atoms with Crippen molar-refractivity contribution in [3.8, 4) is 17.2 Å². The van der Waals surface area contributed by atoms with E-state index in [1.54, 1.807) is 73.8 Å². The summed E-state index contributed by atoms with van der Waals surface area (Å²) >= 11 is 0. The molecule has 0 N–H and O–H groups in total. The number of fused-ring (bicyclic) bond motifs is 2. The maximum atomic E-state index is 13.0. The first-order chi connectivity index (χ1) is 16.7. The molecule has 0 fully saturated rings. The van der Waals surface area contributed by atoms with E-state index >= 15 is 0 Å². The molecule has 0 saturated carbocycles. The molecule has 5 heteroatoms. The van der Waals surface area contributed by atoms with Gasteiger partial charge in [0.25, 0.3) is 0 Å². The predicted molar refractivity (Wildman–Crippen MR) is 131 cm³/mol. The summed E-state index contributed by atoms with van der Waals surface area (Å²) in [6.07, 6.45) is 0. The van der Waals surface area contributed by atoms with E-state index in [9.17, 15) is 9.59 Å². The van der Waals surface area contributed by atoms with Gasteiger partial charge in [0, 0.05) is 21.5 Å². The minimum absolute atomic E-state index is 0.373. The first kappa shape index (κ1) is 21.2. The molecular formula is C29H20O5. The molecular weight excluding hydrogens is 428 g/mol. The average Bonchev–Trinajstić information content (AvgIpc) is 2.90. The summed E-state index contributed by atoms with van der Waals surface area (Å²) in [4.78, 5) is 25.9. The molecule has 0 amide bonds. The maximum Gasteiger partial charge on any atom is 0.343 e. The van der Waals surface area contributed by atoms with Gasteiger partial charge in [-0.3, -0.25) is 0 Å². The third-order valence-electron chi connectivity index (χ3n) is 5.54. The van der Waals surface area contributed by atoms with Gasteiger partial charge in [0.1, 0.15) is 17.2 Å². The number of hydrogen-bond donors (Lipinski definition) is 0. The minimum atomic E-state index is -0.482. The van der Waals surface area contributed by atoms with Crippen LogP contribution < -0.4 is 14.2 Å². The Morgan fingerprint density at radius 3 is 1.47 bits per heavy atom. The molecule has 0 heterocycles. The van der Waals surface area contributed by atoms with Crippen molar-refractivity contribution in [3.05, 3.63) is 114 Å². The summed E-state index contributed by atoms with van der Waals surface area (Å²) in [6.45, 7) is 0. The van der Waals surface area contributed by atoms with Crippen LogP contribution in [0.25, 0.3) is 21.5 Å². The number of hydrogen-bond acceptors (Lipinski definition) is 5. The van der Waals surface area contributed by atoms with Crippen LogP contribution in [-0.4, -0.2) is 19.0 Å². The van der Waals surface area contributed by atoms with E-state index in [-0.39, 0.29) is 0 Å². The molecule has 0 aliphatic heterocycles. The van der Waals surface area contributed by atoms with E-state index < -0.39 is 11.9 Å². The molecule has 0 atom stereocenters. The van der Waals surface area contributed by atoms with Crippen LogP contribution in [0.4, 0.5) is 0 Å². The first-order valence-electron chi connectivity index (χ1n) is 10.7. The number of esters is 2. The van der Waals surface area contributed by atoms with E-state index in [1.165, 1.54) is 0 Å². The molecule has 0 bridgehead atoms. The van der Waals surface area contributed by atoms with Crippen molar-refractivity contribution in [2.75, 3.05) is 7.11 Å². The van der Waals surface area contributed by atoms with E-state index in [0.29, 0.717) is 49.9 Å². The molecule has 5 aromatic rings. The lowest BCUT2D eigenvalue weighted by molar-refractivity contribution is 0.0726. The van der Waals surface area contributed by atoms with E-state index in [4.69, 9.17) is 14.2 Å². The van der Waals surface area contributed by atoms with Crippen molar-refractivity contribution in [3.63, 3.8) is 0 Å². The van der Waals surface area contributed by atoms with Crippen LogP contribution in [0.1, 0.15) is 20.7 Å². The van der Waals surface area contributed by atoms with E-state index in [2.05, 4.69) is 0 Å². The summed E-state index contributed by atoms with van der Waals surface area (Å²) in [5, 5.41) is 2.52. The Morgan fingerprint density at radius 2 is 0.971 bits per heavy atom. The third-order valence-corrected chi connectivity index (χ3v) is 5.54. The molecule has 5 nitrogen and oxygen atoms in total. The summed E-state index contributed by atoms with van der Waals surface area (Å²) in [5.41, 5.74) is 0.870. The number of ether oxygens (including phenoxy) is 3. The molecule has 0 aliphatic carbocycles. The Kier molecular flexibility index (Phi) is 5.67. The number of methoxy groups -OCH3 is 1. The van der Waals surface area contributed by atoms with Crippen molar-refractivity contribution in [2.45, 2.75) is 0 Å². The molecule has 0 radical (unpaired) electrons. The Hall–Kier alpha value is -4.64. The van der Waals surface area contributed by atoms with Gasteiger partial charge in [-0.1, -0.05) is 60.7 Å². The predicted octanol–water partition coefficient (Wildman–Crippen LogP) is 6.44. The van der Waals surface area contributed by atoms with Gasteiger partial charge in [-0.05, 0) is 42.5 Å². The second-order valence-corrected chi connectivity index (χ2v) is 7.63. The molecule has 0 aliphatic rings. The van der Waals surface area contributed by atoms with Crippen molar-refractivity contribution in [1.29, 1.82) is 0 Å². The summed E-state index contributed by atoms with van der Waals surface area (Å²) < 4.78 is 17.3. The van der Waals surface area contributed by atoms with Crippen molar-refractivity contribution in [1.82, 2.24) is 0 Å². The highest BCUT2D eigenvalue weighted by Crippen LogP contribution is 2.44. The minimum Gasteiger partial charge on any atom is -0.497 e. The third kappa shape index (κ3) is 3.95. The highest BCUT2D eigenvalue weighted by atomic mass is 16.5. The van der Waals surface area contributed by atoms with Crippen LogP contribution in [0, 0.1) is 0 Å². The molecule has 0 aromatic heterocycles. The van der Waals surface area contributed by atoms with Crippen molar-refractivity contribution in [2.24, 2.45) is 0 Å². The quantitative estimate of drug-likeness (QED) is 0.176. The second-order valence-electron chi connectivity index (χ2n) is 7.63. The van der Waals surface area contributed by atoms with Gasteiger partial charge in [0.05, 0.1) is 18.2 Å². The lowest BCUT2D eigenvalue weighted by Crippen LogP contribution is -2.11. The number of carbonyl (C=O) groups excluding carboxylic acids is 2. The van der Waals surface area contributed by atoms with Crippen molar-refractivity contribution < 1.29 is 23.8 Å². The Morgan fingerprint density at radius 1 is 0.529 bits per heavy atom. The van der Waals surface area contributed by atoms with Crippen LogP contribution >= 0.6 is 0 Å². The van der Waals surface area contributed by atoms with Gasteiger partial charge in [-0.15, -0.1) is 0 Å². The highest BCUT2D eigenvalue weighted by molar-refractivity contribution is 6.14. The molecule has 34 heavy (non-hydrogen) atoms. The van der Waals surface area contributed by atoms with E-state index in [1.807, 2.05) is 36.4 Å². The van der Waals surface area contributed by atoms with Gasteiger partial charge in [-0.2, -0.15) is 0 Å². The van der Waals surface area contributed by atoms with Gasteiger partial charge in [0.15, 0.2) is 0 Å². The van der Waals surface area contributed by atoms with Gasteiger partial charge >= 0.3 is 11.9 Å². The zero-order valence-corrected chi connectivity index (χ0v) is 18.4. The fraction of sp³-hybridized carbons (Fsp3) is 0.0345. The van der Waals surface area contributed by atoms with Crippen LogP contribution in [-0.2, 0) is 0 Å². The van der Waals surface area contributed by atoms with Crippen molar-refractivity contribution >= 4 is 33.5 Å². The lowest BCUT2D eigenvalue weighted by Gasteiger charge is -2.17. The smallest absolute Gasteiger partial charge is 0.343 e. The largest absolute Gasteiger partial charge is 0.497 e. The topological polar surface area (TPSA) is 61.8 Å². The second kappa shape index (κ2) is 9.08. The monoisotopic (exact) mass is 448 g/mol. The molecule has 0 saturated heterocycles. The SMILES string of the molecule is COc1ccc2c(OC(=O)c3ccccc3)c3ccccc3c(OC(=O)c3ccccc3)c2c1. The summed E-state index contributed by atoms with van der Waals surface area (Å²) in [6, 6.07) is 30.3. The Labute approximate surface area is 196 Å². The summed E-state index contributed by atoms with van der Waals surface area (Å²) in [7, 11) is 1.56. The zero-order valence-electron chi connectivity index (χ0n) is 18.4. The molecule has 5 aromatic carbocycles. The van der Waals surface area contributed by atoms with Gasteiger partial charge in [0.2, 0.25) is 0 Å². The van der Waals surface area contributed by atoms with Crippen LogP contribution in [0.2, 0.25) is 0 Å². The molecule has 166 valence electrons. The van der Waals surface area contributed by atoms with Crippen LogP contribution in [0.5, 0.6) is 17.2 Å². The Balaban J connectivity index is 1.71. The number of rotatable bonds is 5. The van der Waals surface area contributed by atoms with Crippen LogP contribution in [0.15, 0.2) is 103 Å². The number of carbonyl (C=O) groups is 2. The number of benzene rings is 5. The fourth-order valence-electron chi connectivity index (χ4n) is 3.88. The standard InChI is InChI=1S/C29H20O5/c1-32-21-16-17-24-25(18-21)27(34-29(31)20-12-6-3-7-13-20)23-15-9-8-14-22(23)26(24)33-28(30)19-10-4-2-5-11-19/h2-18H,1H3. The maximum absolute atomic E-state index is 13.0. The lowest BCUT2D eigenvalue weighted by atomic mass is 10.00.